The molecule has 0 spiro atoms. The smallest absolute Gasteiger partial charge is 0.347 e. The highest BCUT2D eigenvalue weighted by atomic mass is 79.9. The van der Waals surface area contributed by atoms with E-state index in [2.05, 4.69) is 57.8 Å². The zero-order chi connectivity index (χ0) is 20.8. The molecule has 29 heavy (non-hydrogen) atoms. The van der Waals surface area contributed by atoms with E-state index in [4.69, 9.17) is 9.47 Å². The number of esters is 1. The Kier molecular flexibility index (Phi) is 7.51. The van der Waals surface area contributed by atoms with Crippen molar-refractivity contribution < 1.29 is 14.3 Å². The molecular weight excluding hydrogens is 496 g/mol. The molecule has 0 saturated carbocycles. The van der Waals surface area contributed by atoms with Crippen LogP contribution in [0.2, 0.25) is 0 Å². The van der Waals surface area contributed by atoms with Gasteiger partial charge >= 0.3 is 5.97 Å². The molecule has 0 amide bonds. The fourth-order valence-corrected chi connectivity index (χ4v) is 3.67. The molecule has 0 unspecified atom stereocenters. The standard InChI is InChI=1S/C24H22Br2O3/c1-16(2)20-14-18(25)9-11-23(20)29-24(27)21-15-19(26)8-10-22(21)28-13-12-17-6-4-3-5-7-17/h3-11,14-16H,12-13H2,1-2H3. The molecule has 3 rings (SSSR count). The van der Waals surface area contributed by atoms with Gasteiger partial charge < -0.3 is 9.47 Å². The molecule has 0 aliphatic carbocycles. The van der Waals surface area contributed by atoms with E-state index in [1.165, 1.54) is 5.56 Å². The third-order valence-corrected chi connectivity index (χ3v) is 5.44. The molecular formula is C24H22Br2O3. The minimum Gasteiger partial charge on any atom is -0.492 e. The third-order valence-electron chi connectivity index (χ3n) is 4.45. The molecule has 0 atom stereocenters. The maximum atomic E-state index is 12.9. The zero-order valence-electron chi connectivity index (χ0n) is 16.3. The monoisotopic (exact) mass is 516 g/mol. The van der Waals surface area contributed by atoms with Crippen molar-refractivity contribution in [3.63, 3.8) is 0 Å². The third kappa shape index (κ3) is 5.94. The average molecular weight is 518 g/mol. The van der Waals surface area contributed by atoms with E-state index in [0.29, 0.717) is 23.7 Å². The van der Waals surface area contributed by atoms with E-state index < -0.39 is 5.97 Å². The summed E-state index contributed by atoms with van der Waals surface area (Å²) in [5.41, 5.74) is 2.55. The minimum absolute atomic E-state index is 0.222. The Morgan fingerprint density at radius 2 is 1.55 bits per heavy atom. The van der Waals surface area contributed by atoms with Crippen LogP contribution < -0.4 is 9.47 Å². The Hall–Kier alpha value is -2.11. The lowest BCUT2D eigenvalue weighted by Crippen LogP contribution is -2.13. The summed E-state index contributed by atoms with van der Waals surface area (Å²) in [4.78, 5) is 12.9. The molecule has 0 saturated heterocycles. The van der Waals surface area contributed by atoms with Crippen LogP contribution in [0.4, 0.5) is 0 Å². The number of hydrogen-bond donors (Lipinski definition) is 0. The average Bonchev–Trinajstić information content (AvgIpc) is 2.71. The Balaban J connectivity index is 1.77. The van der Waals surface area contributed by atoms with Crippen molar-refractivity contribution in [2.24, 2.45) is 0 Å². The molecule has 0 N–H and O–H groups in total. The molecule has 150 valence electrons. The van der Waals surface area contributed by atoms with Crippen molar-refractivity contribution in [1.29, 1.82) is 0 Å². The summed E-state index contributed by atoms with van der Waals surface area (Å²) in [5.74, 6) is 0.852. The van der Waals surface area contributed by atoms with Crippen LogP contribution in [0.1, 0.15) is 41.3 Å². The summed E-state index contributed by atoms with van der Waals surface area (Å²) in [7, 11) is 0. The number of hydrogen-bond acceptors (Lipinski definition) is 3. The van der Waals surface area contributed by atoms with Crippen LogP contribution in [-0.4, -0.2) is 12.6 Å². The number of rotatable bonds is 7. The van der Waals surface area contributed by atoms with Gasteiger partial charge in [-0.15, -0.1) is 0 Å². The van der Waals surface area contributed by atoms with Crippen molar-refractivity contribution in [3.05, 3.63) is 92.4 Å². The van der Waals surface area contributed by atoms with E-state index in [1.807, 2.05) is 42.5 Å². The van der Waals surface area contributed by atoms with Gasteiger partial charge in [-0.05, 0) is 53.4 Å². The second kappa shape index (κ2) is 10.1. The predicted octanol–water partition coefficient (Wildman–Crippen LogP) is 7.18. The molecule has 0 radical (unpaired) electrons. The van der Waals surface area contributed by atoms with Gasteiger partial charge in [-0.3, -0.25) is 0 Å². The van der Waals surface area contributed by atoms with Crippen LogP contribution in [0.25, 0.3) is 0 Å². The molecule has 0 aromatic heterocycles. The Morgan fingerprint density at radius 3 is 2.24 bits per heavy atom. The highest BCUT2D eigenvalue weighted by Crippen LogP contribution is 2.31. The second-order valence-corrected chi connectivity index (χ2v) is 8.78. The number of carbonyl (C=O) groups is 1. The van der Waals surface area contributed by atoms with Crippen molar-refractivity contribution in [1.82, 2.24) is 0 Å². The molecule has 0 aliphatic heterocycles. The van der Waals surface area contributed by atoms with Crippen LogP contribution in [-0.2, 0) is 6.42 Å². The van der Waals surface area contributed by atoms with Gasteiger partial charge in [-0.2, -0.15) is 0 Å². The maximum absolute atomic E-state index is 12.9. The topological polar surface area (TPSA) is 35.5 Å². The largest absolute Gasteiger partial charge is 0.492 e. The molecule has 0 aliphatic rings. The van der Waals surface area contributed by atoms with E-state index in [0.717, 1.165) is 20.9 Å². The normalized spacial score (nSPS) is 10.8. The fraction of sp³-hybridized carbons (Fsp3) is 0.208. The van der Waals surface area contributed by atoms with Crippen molar-refractivity contribution >= 4 is 37.8 Å². The van der Waals surface area contributed by atoms with Gasteiger partial charge in [0.05, 0.1) is 6.61 Å². The van der Waals surface area contributed by atoms with E-state index >= 15 is 0 Å². The lowest BCUT2D eigenvalue weighted by Gasteiger charge is -2.15. The van der Waals surface area contributed by atoms with Crippen molar-refractivity contribution in [2.75, 3.05) is 6.61 Å². The summed E-state index contributed by atoms with van der Waals surface area (Å²) < 4.78 is 13.4. The molecule has 0 fully saturated rings. The van der Waals surface area contributed by atoms with Gasteiger partial charge in [0, 0.05) is 15.4 Å². The maximum Gasteiger partial charge on any atom is 0.347 e. The van der Waals surface area contributed by atoms with Gasteiger partial charge in [0.15, 0.2) is 0 Å². The minimum atomic E-state index is -0.440. The summed E-state index contributed by atoms with van der Waals surface area (Å²) in [6.07, 6.45) is 0.760. The Labute approximate surface area is 188 Å². The van der Waals surface area contributed by atoms with E-state index in [9.17, 15) is 4.79 Å². The van der Waals surface area contributed by atoms with Crippen LogP contribution >= 0.6 is 31.9 Å². The lowest BCUT2D eigenvalue weighted by molar-refractivity contribution is 0.0728. The summed E-state index contributed by atoms with van der Waals surface area (Å²) in [6.45, 7) is 4.61. The number of benzene rings is 3. The first-order valence-electron chi connectivity index (χ1n) is 9.42. The highest BCUT2D eigenvalue weighted by Gasteiger charge is 2.18. The van der Waals surface area contributed by atoms with Crippen LogP contribution in [0.15, 0.2) is 75.7 Å². The van der Waals surface area contributed by atoms with E-state index in [-0.39, 0.29) is 5.92 Å². The predicted molar refractivity (Wildman–Crippen MR) is 123 cm³/mol. The first-order valence-corrected chi connectivity index (χ1v) is 11.0. The van der Waals surface area contributed by atoms with E-state index in [1.54, 1.807) is 12.1 Å². The molecule has 5 heteroatoms. The molecule has 3 aromatic carbocycles. The van der Waals surface area contributed by atoms with Gasteiger partial charge in [-0.1, -0.05) is 76.0 Å². The lowest BCUT2D eigenvalue weighted by atomic mass is 10.0. The number of ether oxygens (including phenoxy) is 2. The summed E-state index contributed by atoms with van der Waals surface area (Å²) in [6, 6.07) is 21.1. The Morgan fingerprint density at radius 1 is 0.897 bits per heavy atom. The second-order valence-electron chi connectivity index (χ2n) is 6.95. The molecule has 3 nitrogen and oxygen atoms in total. The zero-order valence-corrected chi connectivity index (χ0v) is 19.5. The van der Waals surface area contributed by atoms with Gasteiger partial charge in [0.25, 0.3) is 0 Å². The SMILES string of the molecule is CC(C)c1cc(Br)ccc1OC(=O)c1cc(Br)ccc1OCCc1ccccc1. The Bertz CT molecular complexity index is 985. The summed E-state index contributed by atoms with van der Waals surface area (Å²) in [5, 5.41) is 0. The summed E-state index contributed by atoms with van der Waals surface area (Å²) >= 11 is 6.91. The van der Waals surface area contributed by atoms with Crippen molar-refractivity contribution in [3.8, 4) is 11.5 Å². The first kappa shape index (κ1) is 21.6. The quantitative estimate of drug-likeness (QED) is 0.246. The molecule has 3 aromatic rings. The fourth-order valence-electron chi connectivity index (χ4n) is 2.93. The molecule has 0 bridgehead atoms. The van der Waals surface area contributed by atoms with Crippen molar-refractivity contribution in [2.45, 2.75) is 26.2 Å². The first-order chi connectivity index (χ1) is 13.9. The van der Waals surface area contributed by atoms with Gasteiger partial charge in [0.2, 0.25) is 0 Å². The number of halogens is 2. The van der Waals surface area contributed by atoms with Crippen LogP contribution in [0, 0.1) is 0 Å². The van der Waals surface area contributed by atoms with Crippen LogP contribution in [0.3, 0.4) is 0 Å². The van der Waals surface area contributed by atoms with Gasteiger partial charge in [0.1, 0.15) is 17.1 Å². The van der Waals surface area contributed by atoms with Gasteiger partial charge in [-0.25, -0.2) is 4.79 Å². The molecule has 0 heterocycles. The van der Waals surface area contributed by atoms with Crippen LogP contribution in [0.5, 0.6) is 11.5 Å². The number of carbonyl (C=O) groups excluding carboxylic acids is 1. The highest BCUT2D eigenvalue weighted by molar-refractivity contribution is 9.10.